The number of quaternary nitrogens is 1. The number of hydrogen-bond acceptors (Lipinski definition) is 4. The highest BCUT2D eigenvalue weighted by Crippen LogP contribution is 2.37. The third-order valence-electron chi connectivity index (χ3n) is 6.51. The molecule has 3 aliphatic rings. The van der Waals surface area contributed by atoms with Gasteiger partial charge < -0.3 is 9.80 Å². The van der Waals surface area contributed by atoms with Crippen LogP contribution in [0.15, 0.2) is 24.5 Å². The Kier molecular flexibility index (Phi) is 5.71. The minimum Gasteiger partial charge on any atom is -0.331 e. The molecular formula is C21H29N4O3+. The minimum absolute atomic E-state index is 0.0471. The van der Waals surface area contributed by atoms with Crippen molar-refractivity contribution in [1.29, 1.82) is 0 Å². The molecule has 1 aromatic rings. The van der Waals surface area contributed by atoms with Gasteiger partial charge in [-0.15, -0.1) is 0 Å². The molecule has 2 atom stereocenters. The van der Waals surface area contributed by atoms with Crippen molar-refractivity contribution in [3.63, 3.8) is 0 Å². The number of aromatic nitrogens is 1. The van der Waals surface area contributed by atoms with Gasteiger partial charge >= 0.3 is 0 Å². The Hall–Kier alpha value is -2.28. The van der Waals surface area contributed by atoms with Crippen molar-refractivity contribution in [1.82, 2.24) is 14.8 Å². The van der Waals surface area contributed by atoms with E-state index in [0.29, 0.717) is 0 Å². The molecule has 1 aromatic heterocycles. The second-order valence-electron chi connectivity index (χ2n) is 8.24. The first kappa shape index (κ1) is 19.1. The summed E-state index contributed by atoms with van der Waals surface area (Å²) in [6.45, 7) is 4.48. The third-order valence-corrected chi connectivity index (χ3v) is 6.51. The van der Waals surface area contributed by atoms with E-state index in [1.54, 1.807) is 0 Å². The predicted molar refractivity (Wildman–Crippen MR) is 102 cm³/mol. The Labute approximate surface area is 165 Å². The molecule has 0 unspecified atom stereocenters. The molecule has 7 heteroatoms. The van der Waals surface area contributed by atoms with Gasteiger partial charge in [0.05, 0.1) is 38.0 Å². The Morgan fingerprint density at radius 3 is 2.25 bits per heavy atom. The number of likely N-dealkylation sites (tertiary alicyclic amines) is 1. The zero-order valence-corrected chi connectivity index (χ0v) is 16.3. The summed E-state index contributed by atoms with van der Waals surface area (Å²) in [5, 5.41) is 0. The number of fused-ring (bicyclic) bond motifs is 1. The van der Waals surface area contributed by atoms with Gasteiger partial charge in [0.15, 0.2) is 0 Å². The normalized spacial score (nSPS) is 25.9. The van der Waals surface area contributed by atoms with Crippen molar-refractivity contribution in [2.24, 2.45) is 11.8 Å². The van der Waals surface area contributed by atoms with Crippen molar-refractivity contribution in [3.05, 3.63) is 30.1 Å². The maximum atomic E-state index is 12.6. The van der Waals surface area contributed by atoms with Gasteiger partial charge in [-0.1, -0.05) is 12.8 Å². The summed E-state index contributed by atoms with van der Waals surface area (Å²) in [5.74, 6) is -0.296. The van der Waals surface area contributed by atoms with Gasteiger partial charge in [-0.3, -0.25) is 24.3 Å². The van der Waals surface area contributed by atoms with E-state index in [1.165, 1.54) is 15.4 Å². The molecule has 1 aliphatic carbocycles. The molecule has 4 rings (SSSR count). The van der Waals surface area contributed by atoms with E-state index in [1.807, 2.05) is 29.4 Å². The van der Waals surface area contributed by atoms with Crippen molar-refractivity contribution in [3.8, 4) is 0 Å². The maximum absolute atomic E-state index is 12.6. The fraction of sp³-hybridized carbons (Fsp3) is 0.619. The first-order valence-electron chi connectivity index (χ1n) is 10.5. The molecule has 2 saturated heterocycles. The molecule has 3 fully saturated rings. The van der Waals surface area contributed by atoms with Crippen molar-refractivity contribution in [2.45, 2.75) is 38.6 Å². The standard InChI is InChI=1S/C21H28N4O3/c26-19(7-10-25-20(27)17-3-1-2-4-18(17)21(25)28)24-13-11-23(12-14-24)15-16-5-8-22-9-6-16/h5-6,8-9,17-18H,1-4,7,10-15H2/p+1/t17-,18+. The van der Waals surface area contributed by atoms with E-state index in [-0.39, 0.29) is 42.5 Å². The summed E-state index contributed by atoms with van der Waals surface area (Å²) < 4.78 is 0. The lowest BCUT2D eigenvalue weighted by Crippen LogP contribution is -3.13. The number of piperazine rings is 1. The fourth-order valence-electron chi connectivity index (χ4n) is 4.86. The topological polar surface area (TPSA) is 75.0 Å². The number of nitrogens with one attached hydrogen (secondary N) is 1. The molecule has 3 heterocycles. The summed E-state index contributed by atoms with van der Waals surface area (Å²) in [7, 11) is 0. The van der Waals surface area contributed by atoms with Crippen molar-refractivity contribution < 1.29 is 19.3 Å². The van der Waals surface area contributed by atoms with Crippen LogP contribution in [-0.2, 0) is 20.9 Å². The average molecular weight is 385 g/mol. The van der Waals surface area contributed by atoms with E-state index in [2.05, 4.69) is 4.98 Å². The Bertz CT molecular complexity index is 706. The van der Waals surface area contributed by atoms with E-state index in [0.717, 1.165) is 58.4 Å². The number of carbonyl (C=O) groups is 3. The number of rotatable bonds is 5. The first-order chi connectivity index (χ1) is 13.6. The largest absolute Gasteiger partial charge is 0.331 e. The zero-order chi connectivity index (χ0) is 19.5. The van der Waals surface area contributed by atoms with E-state index < -0.39 is 0 Å². The lowest BCUT2D eigenvalue weighted by Gasteiger charge is -2.32. The molecule has 1 N–H and O–H groups in total. The molecule has 0 radical (unpaired) electrons. The van der Waals surface area contributed by atoms with Crippen LogP contribution in [0, 0.1) is 11.8 Å². The first-order valence-corrected chi connectivity index (χ1v) is 10.5. The van der Waals surface area contributed by atoms with Gasteiger partial charge in [0.25, 0.3) is 0 Å². The summed E-state index contributed by atoms with van der Waals surface area (Å²) in [4.78, 5) is 46.4. The molecule has 0 aromatic carbocycles. The van der Waals surface area contributed by atoms with Crippen LogP contribution < -0.4 is 4.90 Å². The van der Waals surface area contributed by atoms with Gasteiger partial charge in [-0.05, 0) is 25.0 Å². The van der Waals surface area contributed by atoms with Crippen LogP contribution in [0.5, 0.6) is 0 Å². The quantitative estimate of drug-likeness (QED) is 0.717. The maximum Gasteiger partial charge on any atom is 0.233 e. The second kappa shape index (κ2) is 8.39. The smallest absolute Gasteiger partial charge is 0.233 e. The number of nitrogens with zero attached hydrogens (tertiary/aromatic N) is 3. The minimum atomic E-state index is -0.128. The van der Waals surface area contributed by atoms with E-state index >= 15 is 0 Å². The van der Waals surface area contributed by atoms with Crippen LogP contribution in [0.3, 0.4) is 0 Å². The number of amides is 3. The lowest BCUT2D eigenvalue weighted by molar-refractivity contribution is -0.917. The van der Waals surface area contributed by atoms with Gasteiger partial charge in [0.1, 0.15) is 6.54 Å². The summed E-state index contributed by atoms with van der Waals surface area (Å²) >= 11 is 0. The molecule has 0 spiro atoms. The Balaban J connectivity index is 1.24. The Morgan fingerprint density at radius 2 is 1.64 bits per heavy atom. The zero-order valence-electron chi connectivity index (χ0n) is 16.3. The fourth-order valence-corrected chi connectivity index (χ4v) is 4.86. The molecule has 150 valence electrons. The molecule has 28 heavy (non-hydrogen) atoms. The third kappa shape index (κ3) is 3.94. The molecule has 0 bridgehead atoms. The van der Waals surface area contributed by atoms with Gasteiger partial charge in [0.2, 0.25) is 17.7 Å². The molecule has 1 saturated carbocycles. The number of hydrogen-bond donors (Lipinski definition) is 1. The monoisotopic (exact) mass is 385 g/mol. The molecule has 7 nitrogen and oxygen atoms in total. The van der Waals surface area contributed by atoms with Crippen LogP contribution in [0.4, 0.5) is 0 Å². The highest BCUT2D eigenvalue weighted by Gasteiger charge is 2.47. The average Bonchev–Trinajstić information content (AvgIpc) is 2.98. The summed E-state index contributed by atoms with van der Waals surface area (Å²) in [6.07, 6.45) is 7.57. The van der Waals surface area contributed by atoms with Gasteiger partial charge in [-0.25, -0.2) is 0 Å². The van der Waals surface area contributed by atoms with Crippen LogP contribution in [0.2, 0.25) is 0 Å². The van der Waals surface area contributed by atoms with Crippen LogP contribution >= 0.6 is 0 Å². The predicted octanol–water partition coefficient (Wildman–Crippen LogP) is -0.126. The van der Waals surface area contributed by atoms with Crippen molar-refractivity contribution >= 4 is 17.7 Å². The number of carbonyl (C=O) groups excluding carboxylic acids is 3. The van der Waals surface area contributed by atoms with Crippen molar-refractivity contribution in [2.75, 3.05) is 32.7 Å². The van der Waals surface area contributed by atoms with Gasteiger partial charge in [-0.2, -0.15) is 0 Å². The molecule has 2 aliphatic heterocycles. The lowest BCUT2D eigenvalue weighted by atomic mass is 9.81. The van der Waals surface area contributed by atoms with Crippen LogP contribution in [-0.4, -0.2) is 65.2 Å². The van der Waals surface area contributed by atoms with E-state index in [4.69, 9.17) is 0 Å². The SMILES string of the molecule is O=C(CCN1C(=O)[C@H]2CCCC[C@H]2C1=O)N1CC[NH+](Cc2ccncc2)CC1. The molecular weight excluding hydrogens is 356 g/mol. The number of imide groups is 1. The van der Waals surface area contributed by atoms with Gasteiger partial charge in [0, 0.05) is 30.9 Å². The number of pyridine rings is 1. The Morgan fingerprint density at radius 1 is 1.04 bits per heavy atom. The highest BCUT2D eigenvalue weighted by molar-refractivity contribution is 6.05. The van der Waals surface area contributed by atoms with Crippen LogP contribution in [0.1, 0.15) is 37.7 Å². The highest BCUT2D eigenvalue weighted by atomic mass is 16.2. The van der Waals surface area contributed by atoms with E-state index in [9.17, 15) is 14.4 Å². The summed E-state index contributed by atoms with van der Waals surface area (Å²) in [6, 6.07) is 4.07. The summed E-state index contributed by atoms with van der Waals surface area (Å²) in [5.41, 5.74) is 1.26. The second-order valence-corrected chi connectivity index (χ2v) is 8.24. The van der Waals surface area contributed by atoms with Crippen LogP contribution in [0.25, 0.3) is 0 Å². The molecule has 3 amide bonds.